The highest BCUT2D eigenvalue weighted by atomic mass is 31.2. The molecule has 1 saturated heterocycles. The van der Waals surface area contributed by atoms with E-state index in [1.807, 2.05) is 12.1 Å². The molecule has 0 spiro atoms. The van der Waals surface area contributed by atoms with Gasteiger partial charge in [-0.25, -0.2) is 4.86 Å². The normalized spacial score (nSPS) is 19.0. The van der Waals surface area contributed by atoms with Crippen LogP contribution >= 0.6 is 26.2 Å². The number of nitrogen functional groups attached to an aromatic ring is 3. The molecule has 0 bridgehead atoms. The van der Waals surface area contributed by atoms with Gasteiger partial charge in [0.15, 0.2) is 0 Å². The quantitative estimate of drug-likeness (QED) is 0.314. The number of anilines is 3. The van der Waals surface area contributed by atoms with Gasteiger partial charge in [-0.3, -0.25) is 0 Å². The van der Waals surface area contributed by atoms with E-state index in [-0.39, 0.29) is 17.8 Å². The highest BCUT2D eigenvalue weighted by Crippen LogP contribution is 2.59. The third-order valence-corrected chi connectivity index (χ3v) is 8.07. The second kappa shape index (κ2) is 9.63. The first-order valence-electron chi connectivity index (χ1n) is 8.84. The van der Waals surface area contributed by atoms with Gasteiger partial charge in [-0.15, -0.1) is 0 Å². The Morgan fingerprint density at radius 2 is 0.967 bits per heavy atom. The summed E-state index contributed by atoms with van der Waals surface area (Å²) in [7, 11) is -1.13. The van der Waals surface area contributed by atoms with Gasteiger partial charge in [0.05, 0.1) is 17.8 Å². The average Bonchev–Trinajstić information content (AvgIpc) is 2.75. The maximum atomic E-state index is 6.26. The van der Waals surface area contributed by atoms with E-state index >= 15 is 0 Å². The fraction of sp³-hybridized carbons (Fsp3) is 0. The maximum absolute atomic E-state index is 6.26. The van der Waals surface area contributed by atoms with Gasteiger partial charge in [0.25, 0.3) is 0 Å². The topological polar surface area (TPSA) is 124 Å². The van der Waals surface area contributed by atoms with Gasteiger partial charge in [0, 0.05) is 17.1 Å². The lowest BCUT2D eigenvalue weighted by molar-refractivity contribution is 0.0755. The number of rotatable bonds is 6. The fourth-order valence-electron chi connectivity index (χ4n) is 2.35. The Hall–Kier alpha value is -2.37. The van der Waals surface area contributed by atoms with Crippen LogP contribution in [0, 0.1) is 0 Å². The van der Waals surface area contributed by atoms with Crippen molar-refractivity contribution in [3.05, 3.63) is 72.8 Å². The minimum atomic E-state index is -1.47. The van der Waals surface area contributed by atoms with Crippen LogP contribution in [0.4, 0.5) is 17.1 Å². The molecule has 1 fully saturated rings. The molecule has 0 aromatic heterocycles. The van der Waals surface area contributed by atoms with Gasteiger partial charge in [-0.1, -0.05) is 0 Å². The van der Waals surface area contributed by atoms with Crippen LogP contribution in [-0.2, 0) is 0 Å². The fourth-order valence-corrected chi connectivity index (χ4v) is 7.14. The zero-order valence-corrected chi connectivity index (χ0v) is 18.6. The predicted molar refractivity (Wildman–Crippen MR) is 125 cm³/mol. The minimum Gasteiger partial charge on any atom is -0.440 e. The van der Waals surface area contributed by atoms with Crippen molar-refractivity contribution in [2.75, 3.05) is 17.2 Å². The van der Waals surface area contributed by atoms with E-state index in [2.05, 4.69) is 4.86 Å². The van der Waals surface area contributed by atoms with Gasteiger partial charge in [-0.2, -0.15) is 0 Å². The van der Waals surface area contributed by atoms with Gasteiger partial charge >= 0.3 is 8.45 Å². The number of nitrogens with zero attached hydrogens (tertiary/aromatic N) is 2. The molecule has 0 amide bonds. The summed E-state index contributed by atoms with van der Waals surface area (Å²) in [5, 5.41) is 0. The standard InChI is InChI=1S/C18H21N6O3P3/c19-13-1-7-16(8-2-13)25-23-28-22-29-24(26-17-9-3-14(20)4-10-17)30(23)27-18-11-5-15(21)6-12-18/h1-12,22,28-29H,19-21H2. The van der Waals surface area contributed by atoms with Crippen molar-refractivity contribution in [2.45, 2.75) is 0 Å². The lowest BCUT2D eigenvalue weighted by Gasteiger charge is -2.38. The SMILES string of the molecule is Nc1ccc(ON2PNPN(Oc3ccc(N)cc3)P2Oc2ccc(N)cc2)cc1. The third kappa shape index (κ3) is 5.41. The van der Waals surface area contributed by atoms with Crippen LogP contribution in [0.2, 0.25) is 0 Å². The molecule has 3 aromatic rings. The minimum absolute atomic E-state index is 0.170. The van der Waals surface area contributed by atoms with E-state index in [0.717, 1.165) is 0 Å². The van der Waals surface area contributed by atoms with Crippen molar-refractivity contribution in [2.24, 2.45) is 0 Å². The van der Waals surface area contributed by atoms with E-state index in [1.165, 1.54) is 0 Å². The van der Waals surface area contributed by atoms with Gasteiger partial charge in [-0.05, 0) is 82.0 Å². The average molecular weight is 462 g/mol. The monoisotopic (exact) mass is 462 g/mol. The molecule has 9 nitrogen and oxygen atoms in total. The van der Waals surface area contributed by atoms with Crippen molar-refractivity contribution in [3.63, 3.8) is 0 Å². The first kappa shape index (κ1) is 20.9. The summed E-state index contributed by atoms with van der Waals surface area (Å²) in [6.45, 7) is 0. The van der Waals surface area contributed by atoms with E-state index in [0.29, 0.717) is 34.3 Å². The highest BCUT2D eigenvalue weighted by molar-refractivity contribution is 7.70. The van der Waals surface area contributed by atoms with E-state index in [9.17, 15) is 0 Å². The summed E-state index contributed by atoms with van der Waals surface area (Å²) in [6.07, 6.45) is 0. The van der Waals surface area contributed by atoms with E-state index in [4.69, 9.17) is 31.4 Å². The largest absolute Gasteiger partial charge is 0.440 e. The van der Waals surface area contributed by atoms with E-state index in [1.54, 1.807) is 69.9 Å². The first-order chi connectivity index (χ1) is 14.6. The summed E-state index contributed by atoms with van der Waals surface area (Å²) < 4.78 is 9.72. The molecule has 7 N–H and O–H groups in total. The zero-order valence-electron chi connectivity index (χ0n) is 15.7. The van der Waals surface area contributed by atoms with Crippen molar-refractivity contribution in [1.82, 2.24) is 14.1 Å². The summed E-state index contributed by atoms with van der Waals surface area (Å²) in [5.74, 6) is 1.94. The molecule has 0 saturated carbocycles. The molecule has 1 aliphatic rings. The number of hydrogen-bond acceptors (Lipinski definition) is 9. The number of nitrogens with one attached hydrogen (secondary N) is 1. The van der Waals surface area contributed by atoms with Gasteiger partial charge in [0.1, 0.15) is 17.2 Å². The molecular formula is C18H21N6O3P3. The second-order valence-corrected chi connectivity index (χ2v) is 10.6. The molecule has 156 valence electrons. The van der Waals surface area contributed by atoms with Gasteiger partial charge in [0.2, 0.25) is 0 Å². The van der Waals surface area contributed by atoms with Crippen molar-refractivity contribution in [1.29, 1.82) is 0 Å². The number of nitrogens with two attached hydrogens (primary N) is 3. The number of hydrogen-bond donors (Lipinski definition) is 4. The van der Waals surface area contributed by atoms with Gasteiger partial charge < -0.3 is 31.4 Å². The van der Waals surface area contributed by atoms with Crippen LogP contribution in [0.5, 0.6) is 17.2 Å². The molecule has 2 unspecified atom stereocenters. The van der Waals surface area contributed by atoms with E-state index < -0.39 is 8.45 Å². The highest BCUT2D eigenvalue weighted by Gasteiger charge is 2.38. The molecule has 12 heteroatoms. The number of benzene rings is 3. The molecule has 4 rings (SSSR count). The summed E-state index contributed by atoms with van der Waals surface area (Å²) >= 11 is 0. The molecule has 3 aromatic carbocycles. The molecule has 0 radical (unpaired) electrons. The molecule has 1 aliphatic heterocycles. The molecule has 2 atom stereocenters. The second-order valence-electron chi connectivity index (χ2n) is 6.13. The Bertz CT molecular complexity index is 907. The van der Waals surface area contributed by atoms with Crippen LogP contribution < -0.4 is 36.3 Å². The Balaban J connectivity index is 1.57. The van der Waals surface area contributed by atoms with Crippen LogP contribution in [0.25, 0.3) is 0 Å². The molecular weight excluding hydrogens is 441 g/mol. The summed E-state index contributed by atoms with van der Waals surface area (Å²) in [5.41, 5.74) is 19.3. The Morgan fingerprint density at radius 3 is 1.37 bits per heavy atom. The lowest BCUT2D eigenvalue weighted by Crippen LogP contribution is -2.32. The first-order valence-corrected chi connectivity index (χ1v) is 11.9. The summed E-state index contributed by atoms with van der Waals surface area (Å²) in [6, 6.07) is 21.5. The maximum Gasteiger partial charge on any atom is 0.328 e. The third-order valence-electron chi connectivity index (χ3n) is 3.82. The Morgan fingerprint density at radius 1 is 0.600 bits per heavy atom. The van der Waals surface area contributed by atoms with Crippen LogP contribution in [0.1, 0.15) is 0 Å². The predicted octanol–water partition coefficient (Wildman–Crippen LogP) is 4.25. The van der Waals surface area contributed by atoms with Crippen molar-refractivity contribution >= 4 is 43.3 Å². The Kier molecular flexibility index (Phi) is 6.70. The Labute approximate surface area is 179 Å². The molecule has 0 aliphatic carbocycles. The lowest BCUT2D eigenvalue weighted by atomic mass is 10.3. The van der Waals surface area contributed by atoms with Crippen LogP contribution in [-0.4, -0.2) is 9.21 Å². The smallest absolute Gasteiger partial charge is 0.328 e. The van der Waals surface area contributed by atoms with Crippen LogP contribution in [0.3, 0.4) is 0 Å². The summed E-state index contributed by atoms with van der Waals surface area (Å²) in [4.78, 5) is 15.4. The van der Waals surface area contributed by atoms with Crippen molar-refractivity contribution in [3.8, 4) is 17.2 Å². The zero-order chi connectivity index (χ0) is 20.9. The molecule has 30 heavy (non-hydrogen) atoms. The molecule has 1 heterocycles. The van der Waals surface area contributed by atoms with Crippen molar-refractivity contribution < 1.29 is 14.2 Å². The van der Waals surface area contributed by atoms with Crippen LogP contribution in [0.15, 0.2) is 72.8 Å².